The highest BCUT2D eigenvalue weighted by Gasteiger charge is 2.30. The number of hydrogen-bond donors (Lipinski definition) is 2. The molecule has 0 aliphatic heterocycles. The smallest absolute Gasteiger partial charge is 0.456 e. The van der Waals surface area contributed by atoms with Gasteiger partial charge in [0.05, 0.1) is 33.8 Å². The van der Waals surface area contributed by atoms with Crippen molar-refractivity contribution in [2.24, 2.45) is 0 Å². The summed E-state index contributed by atoms with van der Waals surface area (Å²) >= 11 is 0. The highest BCUT2D eigenvalue weighted by Crippen LogP contribution is 2.43. The van der Waals surface area contributed by atoms with Crippen LogP contribution in [-0.2, 0) is 27.9 Å². The molecule has 422 valence electrons. The highest BCUT2D eigenvalue weighted by molar-refractivity contribution is 7.47. The van der Waals surface area contributed by atoms with Crippen LogP contribution in [-0.4, -0.2) is 74.3 Å². The Bertz CT molecular complexity index is 1530. The van der Waals surface area contributed by atoms with E-state index in [1.807, 2.05) is 33.3 Å². The molecule has 0 saturated heterocycles. The molecule has 2 N–H and O–H groups in total. The van der Waals surface area contributed by atoms with E-state index in [4.69, 9.17) is 13.8 Å². The van der Waals surface area contributed by atoms with Gasteiger partial charge in [0.15, 0.2) is 0 Å². The largest absolute Gasteiger partial charge is 0.472 e. The van der Waals surface area contributed by atoms with Gasteiger partial charge < -0.3 is 19.4 Å². The summed E-state index contributed by atoms with van der Waals surface area (Å²) in [5.41, 5.74) is 0. The van der Waals surface area contributed by atoms with Crippen LogP contribution in [0, 0.1) is 0 Å². The minimum absolute atomic E-state index is 0.0319. The lowest BCUT2D eigenvalue weighted by molar-refractivity contribution is -0.870. The fraction of sp³-hybridized carbons (Fsp3) is 0.746. The van der Waals surface area contributed by atoms with Gasteiger partial charge >= 0.3 is 13.8 Å². The van der Waals surface area contributed by atoms with Crippen LogP contribution in [0.4, 0.5) is 0 Å². The molecular weight excluding hydrogens is 928 g/mol. The number of amides is 1. The predicted molar refractivity (Wildman–Crippen MR) is 314 cm³/mol. The zero-order valence-corrected chi connectivity index (χ0v) is 49.0. The first kappa shape index (κ1) is 70.2. The van der Waals surface area contributed by atoms with Crippen molar-refractivity contribution in [1.82, 2.24) is 5.32 Å². The standard InChI is InChI=1S/C63H113N2O7P/c1-7-10-13-16-19-22-25-27-28-29-30-31-32-33-34-35-36-38-41-44-47-50-53-56-63(67)72-61(54-51-48-45-42-39-24-21-18-15-12-9-3)60(59-71-73(68,69)70-58-57-65(4,5)6)64-62(66)55-52-49-46-43-40-37-26-23-20-17-14-11-8-2/h11,14,17,19-20,22-23,26-28,30-31,51,54,60-61H,7-10,12-13,15-16,18,21,24-25,29,32-50,52-53,55-59H2,1-6H3,(H-,64,66,68,69)/p+1/b14-11+,20-17+,22-19-,26-23-,28-27-,31-30-,54-51-. The molecule has 0 aromatic heterocycles. The first-order valence-corrected chi connectivity index (χ1v) is 31.4. The summed E-state index contributed by atoms with van der Waals surface area (Å²) in [4.78, 5) is 37.6. The zero-order chi connectivity index (χ0) is 53.6. The lowest BCUT2D eigenvalue weighted by Gasteiger charge is -2.27. The highest BCUT2D eigenvalue weighted by atomic mass is 31.2. The fourth-order valence-corrected chi connectivity index (χ4v) is 8.98. The molecule has 73 heavy (non-hydrogen) atoms. The van der Waals surface area contributed by atoms with E-state index in [2.05, 4.69) is 99.0 Å². The van der Waals surface area contributed by atoms with Crippen molar-refractivity contribution in [1.29, 1.82) is 0 Å². The summed E-state index contributed by atoms with van der Waals surface area (Å²) in [5.74, 6) is -0.537. The number of nitrogens with zero attached hydrogens (tertiary/aromatic N) is 1. The number of carbonyl (C=O) groups is 2. The van der Waals surface area contributed by atoms with E-state index in [9.17, 15) is 19.0 Å². The molecule has 0 bridgehead atoms. The van der Waals surface area contributed by atoms with Crippen molar-refractivity contribution in [2.45, 2.75) is 264 Å². The van der Waals surface area contributed by atoms with Crippen LogP contribution >= 0.6 is 7.82 Å². The van der Waals surface area contributed by atoms with Gasteiger partial charge in [-0.25, -0.2) is 4.57 Å². The second-order valence-corrected chi connectivity index (χ2v) is 22.7. The van der Waals surface area contributed by atoms with Crippen LogP contribution in [0.25, 0.3) is 0 Å². The minimum atomic E-state index is -4.45. The normalized spacial score (nSPS) is 14.3. The third-order valence-corrected chi connectivity index (χ3v) is 13.9. The number of likely N-dealkylation sites (N-methyl/N-ethyl adjacent to an activating group) is 1. The number of hydrogen-bond acceptors (Lipinski definition) is 6. The molecule has 0 saturated carbocycles. The van der Waals surface area contributed by atoms with Crippen molar-refractivity contribution in [3.05, 3.63) is 85.1 Å². The first-order chi connectivity index (χ1) is 35.4. The maximum Gasteiger partial charge on any atom is 0.472 e. The van der Waals surface area contributed by atoms with E-state index >= 15 is 0 Å². The number of phosphoric acid groups is 1. The Morgan fingerprint density at radius 1 is 0.507 bits per heavy atom. The third-order valence-electron chi connectivity index (χ3n) is 12.9. The average molecular weight is 1040 g/mol. The minimum Gasteiger partial charge on any atom is -0.456 e. The van der Waals surface area contributed by atoms with Gasteiger partial charge in [0.25, 0.3) is 0 Å². The van der Waals surface area contributed by atoms with E-state index in [0.29, 0.717) is 17.4 Å². The molecule has 0 heterocycles. The third kappa shape index (κ3) is 53.8. The van der Waals surface area contributed by atoms with Gasteiger partial charge in [0.1, 0.15) is 19.3 Å². The Labute approximate surface area is 450 Å². The summed E-state index contributed by atoms with van der Waals surface area (Å²) in [6.07, 6.45) is 68.7. The summed E-state index contributed by atoms with van der Waals surface area (Å²) < 4.78 is 30.6. The Hall–Kier alpha value is -2.81. The average Bonchev–Trinajstić information content (AvgIpc) is 3.35. The van der Waals surface area contributed by atoms with Crippen LogP contribution in [0.15, 0.2) is 85.1 Å². The van der Waals surface area contributed by atoms with E-state index in [1.165, 1.54) is 122 Å². The van der Waals surface area contributed by atoms with Crippen molar-refractivity contribution in [3.63, 3.8) is 0 Å². The lowest BCUT2D eigenvalue weighted by atomic mass is 10.0. The molecule has 9 nitrogen and oxygen atoms in total. The number of carbonyl (C=O) groups excluding carboxylic acids is 2. The van der Waals surface area contributed by atoms with Gasteiger partial charge in [0, 0.05) is 12.8 Å². The van der Waals surface area contributed by atoms with Gasteiger partial charge in [0.2, 0.25) is 5.91 Å². The van der Waals surface area contributed by atoms with E-state index in [1.54, 1.807) is 0 Å². The van der Waals surface area contributed by atoms with Crippen LogP contribution in [0.1, 0.15) is 252 Å². The van der Waals surface area contributed by atoms with Crippen molar-refractivity contribution in [3.8, 4) is 0 Å². The van der Waals surface area contributed by atoms with E-state index in [-0.39, 0.29) is 31.5 Å². The first-order valence-electron chi connectivity index (χ1n) is 29.9. The van der Waals surface area contributed by atoms with Crippen molar-refractivity contribution < 1.29 is 37.3 Å². The molecular formula is C63H114N2O7P+. The number of unbranched alkanes of at least 4 members (excludes halogenated alkanes) is 27. The Morgan fingerprint density at radius 3 is 1.45 bits per heavy atom. The van der Waals surface area contributed by atoms with Gasteiger partial charge in [-0.2, -0.15) is 0 Å². The number of allylic oxidation sites excluding steroid dienone is 13. The molecule has 3 atom stereocenters. The Balaban J connectivity index is 5.19. The zero-order valence-electron chi connectivity index (χ0n) is 48.1. The summed E-state index contributed by atoms with van der Waals surface area (Å²) in [7, 11) is 1.47. The van der Waals surface area contributed by atoms with Gasteiger partial charge in [-0.1, -0.05) is 235 Å². The second-order valence-electron chi connectivity index (χ2n) is 21.2. The summed E-state index contributed by atoms with van der Waals surface area (Å²) in [5, 5.41) is 3.03. The SMILES string of the molecule is CC/C=C/C=C/C=C\CCCCCCCC(=O)NC(COP(=O)(O)OCC[N+](C)(C)C)C(/C=C\CCCCCCCCCCC)OC(=O)CCCCCCCCCCCC/C=C\C/C=C\C/C=C\CCCCC. The van der Waals surface area contributed by atoms with Gasteiger partial charge in [-0.15, -0.1) is 0 Å². The topological polar surface area (TPSA) is 111 Å². The molecule has 0 fully saturated rings. The number of phosphoric ester groups is 1. The number of ether oxygens (including phenoxy) is 1. The lowest BCUT2D eigenvalue weighted by Crippen LogP contribution is -2.47. The quantitative estimate of drug-likeness (QED) is 0.0156. The molecule has 3 unspecified atom stereocenters. The number of esters is 1. The van der Waals surface area contributed by atoms with Crippen molar-refractivity contribution in [2.75, 3.05) is 40.9 Å². The summed E-state index contributed by atoms with van der Waals surface area (Å²) in [6, 6.07) is -0.863. The fourth-order valence-electron chi connectivity index (χ4n) is 8.24. The Kier molecular flexibility index (Phi) is 50.6. The molecule has 0 spiro atoms. The molecule has 0 radical (unpaired) electrons. The van der Waals surface area contributed by atoms with Crippen LogP contribution in [0.2, 0.25) is 0 Å². The molecule has 0 aliphatic rings. The van der Waals surface area contributed by atoms with Gasteiger partial charge in [-0.05, 0) is 89.5 Å². The summed E-state index contributed by atoms with van der Waals surface area (Å²) in [6.45, 7) is 6.82. The van der Waals surface area contributed by atoms with E-state index < -0.39 is 20.0 Å². The molecule has 0 aliphatic carbocycles. The Morgan fingerprint density at radius 2 is 0.932 bits per heavy atom. The molecule has 10 heteroatoms. The molecule has 0 aromatic carbocycles. The number of rotatable bonds is 53. The maximum atomic E-state index is 13.5. The van der Waals surface area contributed by atoms with Crippen LogP contribution < -0.4 is 5.32 Å². The monoisotopic (exact) mass is 1040 g/mol. The molecule has 0 aromatic rings. The maximum absolute atomic E-state index is 13.5. The van der Waals surface area contributed by atoms with Crippen LogP contribution in [0.5, 0.6) is 0 Å². The molecule has 1 amide bonds. The predicted octanol–water partition coefficient (Wildman–Crippen LogP) is 18.2. The second kappa shape index (κ2) is 52.6. The number of nitrogens with one attached hydrogen (secondary N) is 1. The molecule has 0 rings (SSSR count). The van der Waals surface area contributed by atoms with Crippen molar-refractivity contribution >= 4 is 19.7 Å². The number of quaternary nitrogens is 1. The van der Waals surface area contributed by atoms with Gasteiger partial charge in [-0.3, -0.25) is 18.6 Å². The van der Waals surface area contributed by atoms with E-state index in [0.717, 1.165) is 96.3 Å². The van der Waals surface area contributed by atoms with Crippen LogP contribution in [0.3, 0.4) is 0 Å².